The zero-order valence-electron chi connectivity index (χ0n) is 15.6. The Balaban J connectivity index is 2.09. The second kappa shape index (κ2) is 7.76. The van der Waals surface area contributed by atoms with Crippen LogP contribution in [0.4, 0.5) is 5.69 Å². The van der Waals surface area contributed by atoms with E-state index in [1.54, 1.807) is 19.1 Å². The topological polar surface area (TPSA) is 58.5 Å². The molecule has 3 rings (SSSR count). The average molecular weight is 378 g/mol. The molecule has 0 saturated carbocycles. The van der Waals surface area contributed by atoms with Crippen LogP contribution in [0.1, 0.15) is 22.3 Å². The number of amidine groups is 1. The van der Waals surface area contributed by atoms with Crippen LogP contribution in [0.15, 0.2) is 82.1 Å². The third-order valence-electron chi connectivity index (χ3n) is 4.19. The number of anilines is 1. The van der Waals surface area contributed by atoms with Crippen LogP contribution >= 0.6 is 0 Å². The van der Waals surface area contributed by atoms with Crippen LogP contribution in [0.25, 0.3) is 0 Å². The predicted molar refractivity (Wildman–Crippen MR) is 111 cm³/mol. The minimum absolute atomic E-state index is 0.224. The van der Waals surface area contributed by atoms with Crippen LogP contribution in [-0.2, 0) is 10.0 Å². The third-order valence-corrected chi connectivity index (χ3v) is 5.61. The lowest BCUT2D eigenvalue weighted by Gasteiger charge is -2.12. The van der Waals surface area contributed by atoms with E-state index < -0.39 is 10.0 Å². The Morgan fingerprint density at radius 1 is 0.815 bits per heavy atom. The molecule has 0 aliphatic rings. The fourth-order valence-electron chi connectivity index (χ4n) is 2.67. The molecule has 0 aromatic heterocycles. The Morgan fingerprint density at radius 3 is 2.11 bits per heavy atom. The summed E-state index contributed by atoms with van der Waals surface area (Å²) in [5.41, 5.74) is 4.15. The molecule has 3 aromatic rings. The number of benzene rings is 3. The van der Waals surface area contributed by atoms with Gasteiger partial charge in [0.2, 0.25) is 0 Å². The summed E-state index contributed by atoms with van der Waals surface area (Å²) in [5.74, 6) is 0.292. The summed E-state index contributed by atoms with van der Waals surface area (Å²) in [6.07, 6.45) is 0. The molecular weight excluding hydrogens is 356 g/mol. The summed E-state index contributed by atoms with van der Waals surface area (Å²) in [6.45, 7) is 5.64. The summed E-state index contributed by atoms with van der Waals surface area (Å²) in [7, 11) is -3.86. The molecule has 4 nitrogen and oxygen atoms in total. The molecule has 138 valence electrons. The normalized spacial score (nSPS) is 12.0. The van der Waals surface area contributed by atoms with Crippen molar-refractivity contribution in [1.82, 2.24) is 0 Å². The summed E-state index contributed by atoms with van der Waals surface area (Å²) in [6, 6.07) is 22.3. The van der Waals surface area contributed by atoms with E-state index in [1.807, 2.05) is 74.5 Å². The molecule has 0 fully saturated rings. The molecule has 0 heterocycles. The lowest BCUT2D eigenvalue weighted by molar-refractivity contribution is 0.597. The van der Waals surface area contributed by atoms with E-state index in [0.717, 1.165) is 16.8 Å². The van der Waals surface area contributed by atoms with E-state index in [-0.39, 0.29) is 4.90 Å². The fourth-order valence-corrected chi connectivity index (χ4v) is 3.97. The molecule has 0 radical (unpaired) electrons. The van der Waals surface area contributed by atoms with Gasteiger partial charge in [0.15, 0.2) is 5.84 Å². The Bertz CT molecular complexity index is 1070. The first kappa shape index (κ1) is 18.9. The highest BCUT2D eigenvalue weighted by Crippen LogP contribution is 2.21. The predicted octanol–water partition coefficient (Wildman–Crippen LogP) is 4.86. The van der Waals surface area contributed by atoms with Gasteiger partial charge in [-0.3, -0.25) is 0 Å². The second-order valence-electron chi connectivity index (χ2n) is 6.54. The van der Waals surface area contributed by atoms with Crippen LogP contribution in [-0.4, -0.2) is 14.3 Å². The van der Waals surface area contributed by atoms with Gasteiger partial charge in [0.1, 0.15) is 0 Å². The van der Waals surface area contributed by atoms with Gasteiger partial charge in [-0.1, -0.05) is 60.2 Å². The third kappa shape index (κ3) is 4.63. The first-order valence-electron chi connectivity index (χ1n) is 8.66. The quantitative estimate of drug-likeness (QED) is 0.521. The minimum Gasteiger partial charge on any atom is -0.339 e. The smallest absolute Gasteiger partial charge is 0.284 e. The lowest BCUT2D eigenvalue weighted by Crippen LogP contribution is -2.16. The van der Waals surface area contributed by atoms with Crippen molar-refractivity contribution in [1.29, 1.82) is 0 Å². The molecule has 1 N–H and O–H groups in total. The zero-order chi connectivity index (χ0) is 19.4. The van der Waals surface area contributed by atoms with Crippen molar-refractivity contribution < 1.29 is 8.42 Å². The van der Waals surface area contributed by atoms with Gasteiger partial charge < -0.3 is 5.32 Å². The van der Waals surface area contributed by atoms with E-state index in [0.29, 0.717) is 17.0 Å². The van der Waals surface area contributed by atoms with Crippen LogP contribution in [0.5, 0.6) is 0 Å². The molecule has 0 atom stereocenters. The number of rotatable bonds is 4. The van der Waals surface area contributed by atoms with E-state index >= 15 is 0 Å². The van der Waals surface area contributed by atoms with Gasteiger partial charge in [-0.15, -0.1) is 4.40 Å². The van der Waals surface area contributed by atoms with Gasteiger partial charge in [0.25, 0.3) is 10.0 Å². The minimum atomic E-state index is -3.86. The average Bonchev–Trinajstić information content (AvgIpc) is 2.65. The molecule has 0 spiro atoms. The van der Waals surface area contributed by atoms with Crippen LogP contribution in [0.2, 0.25) is 0 Å². The number of nitrogens with zero attached hydrogens (tertiary/aromatic N) is 1. The molecule has 0 unspecified atom stereocenters. The molecule has 3 aromatic carbocycles. The van der Waals surface area contributed by atoms with Crippen LogP contribution in [0, 0.1) is 20.8 Å². The number of nitrogens with one attached hydrogen (secondary N) is 1. The maximum Gasteiger partial charge on any atom is 0.284 e. The van der Waals surface area contributed by atoms with Crippen LogP contribution in [0.3, 0.4) is 0 Å². The molecular formula is C22H22N2O2S. The summed E-state index contributed by atoms with van der Waals surface area (Å²) >= 11 is 0. The molecule has 5 heteroatoms. The van der Waals surface area contributed by atoms with Gasteiger partial charge in [0.05, 0.1) is 4.90 Å². The lowest BCUT2D eigenvalue weighted by atomic mass is 10.2. The van der Waals surface area contributed by atoms with E-state index in [2.05, 4.69) is 9.71 Å². The summed E-state index contributed by atoms with van der Waals surface area (Å²) in [5, 5.41) is 3.15. The van der Waals surface area contributed by atoms with Gasteiger partial charge in [-0.25, -0.2) is 0 Å². The van der Waals surface area contributed by atoms with Crippen molar-refractivity contribution in [2.24, 2.45) is 4.40 Å². The number of hydrogen-bond acceptors (Lipinski definition) is 2. The fraction of sp³-hybridized carbons (Fsp3) is 0.136. The van der Waals surface area contributed by atoms with E-state index in [1.165, 1.54) is 0 Å². The highest BCUT2D eigenvalue weighted by Gasteiger charge is 2.18. The first-order chi connectivity index (χ1) is 12.8. The van der Waals surface area contributed by atoms with Crippen molar-refractivity contribution in [3.63, 3.8) is 0 Å². The Morgan fingerprint density at radius 2 is 1.44 bits per heavy atom. The molecule has 0 aliphatic carbocycles. The Labute approximate surface area is 160 Å². The van der Waals surface area contributed by atoms with Crippen molar-refractivity contribution in [3.8, 4) is 0 Å². The SMILES string of the molecule is Cc1ccc(NC(=NS(=O)(=O)c2cc(C)ccc2C)c2ccccc2)cc1. The van der Waals surface area contributed by atoms with Crippen molar-refractivity contribution in [2.75, 3.05) is 5.32 Å². The van der Waals surface area contributed by atoms with Gasteiger partial charge in [0, 0.05) is 11.3 Å². The zero-order valence-corrected chi connectivity index (χ0v) is 16.4. The monoisotopic (exact) mass is 378 g/mol. The number of hydrogen-bond donors (Lipinski definition) is 1. The maximum atomic E-state index is 13.0. The molecule has 0 saturated heterocycles. The Hall–Kier alpha value is -2.92. The molecule has 27 heavy (non-hydrogen) atoms. The van der Waals surface area contributed by atoms with Gasteiger partial charge >= 0.3 is 0 Å². The highest BCUT2D eigenvalue weighted by atomic mass is 32.2. The van der Waals surface area contributed by atoms with Crippen molar-refractivity contribution in [2.45, 2.75) is 25.7 Å². The van der Waals surface area contributed by atoms with E-state index in [4.69, 9.17) is 0 Å². The highest BCUT2D eigenvalue weighted by molar-refractivity contribution is 7.90. The first-order valence-corrected chi connectivity index (χ1v) is 10.1. The van der Waals surface area contributed by atoms with Crippen molar-refractivity contribution in [3.05, 3.63) is 95.1 Å². The van der Waals surface area contributed by atoms with Gasteiger partial charge in [-0.05, 0) is 50.1 Å². The van der Waals surface area contributed by atoms with Gasteiger partial charge in [-0.2, -0.15) is 8.42 Å². The largest absolute Gasteiger partial charge is 0.339 e. The molecule has 0 amide bonds. The summed E-state index contributed by atoms with van der Waals surface area (Å²) < 4.78 is 30.2. The Kier molecular flexibility index (Phi) is 5.42. The van der Waals surface area contributed by atoms with Crippen LogP contribution < -0.4 is 5.32 Å². The number of sulfonamides is 1. The molecule has 0 bridgehead atoms. The second-order valence-corrected chi connectivity index (χ2v) is 8.11. The van der Waals surface area contributed by atoms with E-state index in [9.17, 15) is 8.42 Å². The number of aryl methyl sites for hydroxylation is 3. The summed E-state index contributed by atoms with van der Waals surface area (Å²) in [4.78, 5) is 0.224. The molecule has 0 aliphatic heterocycles. The maximum absolute atomic E-state index is 13.0. The van der Waals surface area contributed by atoms with Crippen molar-refractivity contribution >= 4 is 21.5 Å². The standard InChI is InChI=1S/C22H22N2O2S/c1-16-10-13-20(14-11-16)23-22(19-7-5-4-6-8-19)24-27(25,26)21-15-17(2)9-12-18(21)3/h4-15H,1-3H3,(H,23,24).